The number of benzene rings is 2. The fourth-order valence-electron chi connectivity index (χ4n) is 2.88. The molecule has 5 rings (SSSR count). The van der Waals surface area contributed by atoms with E-state index in [1.165, 1.54) is 0 Å². The van der Waals surface area contributed by atoms with Crippen LogP contribution in [0.3, 0.4) is 0 Å². The van der Waals surface area contributed by atoms with Gasteiger partial charge in [0.1, 0.15) is 11.2 Å². The Bertz CT molecular complexity index is 1020. The fraction of sp³-hybridized carbons (Fsp3) is 0. The molecule has 23 heavy (non-hydrogen) atoms. The van der Waals surface area contributed by atoms with Gasteiger partial charge in [0.05, 0.1) is 11.4 Å². The van der Waals surface area contributed by atoms with E-state index in [9.17, 15) is 0 Å². The zero-order chi connectivity index (χ0) is 15.2. The van der Waals surface area contributed by atoms with Gasteiger partial charge in [-0.25, -0.2) is 9.36 Å². The first-order valence-electron chi connectivity index (χ1n) is 7.35. The van der Waals surface area contributed by atoms with Crippen molar-refractivity contribution in [1.29, 1.82) is 0 Å². The zero-order valence-corrected chi connectivity index (χ0v) is 12.1. The van der Waals surface area contributed by atoms with Gasteiger partial charge in [0.25, 0.3) is 0 Å². The molecule has 2 aromatic carbocycles. The molecule has 0 unspecified atom stereocenters. The van der Waals surface area contributed by atoms with Gasteiger partial charge in [-0.15, -0.1) is 0 Å². The summed E-state index contributed by atoms with van der Waals surface area (Å²) in [7, 11) is 0. The first-order valence-corrected chi connectivity index (χ1v) is 7.35. The van der Waals surface area contributed by atoms with Crippen LogP contribution in [0.5, 0.6) is 0 Å². The molecule has 0 amide bonds. The van der Waals surface area contributed by atoms with E-state index in [-0.39, 0.29) is 0 Å². The normalized spacial score (nSPS) is 11.5. The molecule has 110 valence electrons. The number of fused-ring (bicyclic) bond motifs is 3. The Kier molecular flexibility index (Phi) is 2.43. The van der Waals surface area contributed by atoms with E-state index in [1.807, 2.05) is 58.2 Å². The monoisotopic (exact) mass is 300 g/mol. The molecule has 5 heteroatoms. The van der Waals surface area contributed by atoms with Gasteiger partial charge in [-0.2, -0.15) is 10.2 Å². The molecular formula is C18H12N4O. The molecule has 0 aliphatic rings. The van der Waals surface area contributed by atoms with E-state index in [1.54, 1.807) is 12.4 Å². The van der Waals surface area contributed by atoms with Crippen molar-refractivity contribution in [2.75, 3.05) is 0 Å². The predicted octanol–water partition coefficient (Wildman–Crippen LogP) is 3.96. The highest BCUT2D eigenvalue weighted by atomic mass is 16.3. The summed E-state index contributed by atoms with van der Waals surface area (Å²) >= 11 is 0. The third-order valence-corrected chi connectivity index (χ3v) is 3.97. The lowest BCUT2D eigenvalue weighted by Crippen LogP contribution is -1.93. The van der Waals surface area contributed by atoms with Gasteiger partial charge >= 0.3 is 0 Å². The van der Waals surface area contributed by atoms with E-state index in [0.29, 0.717) is 0 Å². The molecule has 5 nitrogen and oxygen atoms in total. The summed E-state index contributed by atoms with van der Waals surface area (Å²) in [5.41, 5.74) is 3.76. The van der Waals surface area contributed by atoms with Gasteiger partial charge in [-0.05, 0) is 48.5 Å². The van der Waals surface area contributed by atoms with Crippen molar-refractivity contribution in [2.24, 2.45) is 0 Å². The molecule has 0 aliphatic heterocycles. The van der Waals surface area contributed by atoms with Gasteiger partial charge in [0, 0.05) is 35.6 Å². The standard InChI is InChI=1S/C18H12N4O/c1-7-19-21(9-1)13-3-5-17-15(11-13)16-12-14(4-6-18(16)23-17)22-10-2-8-20-22/h1-12H. The Balaban J connectivity index is 1.77. The number of aromatic nitrogens is 4. The first-order chi connectivity index (χ1) is 11.4. The number of hydrogen-bond donors (Lipinski definition) is 0. The molecule has 3 heterocycles. The molecule has 0 atom stereocenters. The van der Waals surface area contributed by atoms with Crippen LogP contribution in [0.4, 0.5) is 0 Å². The van der Waals surface area contributed by atoms with Crippen LogP contribution in [-0.2, 0) is 0 Å². The summed E-state index contributed by atoms with van der Waals surface area (Å²) < 4.78 is 9.62. The smallest absolute Gasteiger partial charge is 0.135 e. The van der Waals surface area contributed by atoms with Crippen molar-refractivity contribution < 1.29 is 4.42 Å². The van der Waals surface area contributed by atoms with Crippen LogP contribution < -0.4 is 0 Å². The quantitative estimate of drug-likeness (QED) is 0.496. The van der Waals surface area contributed by atoms with Gasteiger partial charge in [0.15, 0.2) is 0 Å². The Morgan fingerprint density at radius 1 is 0.696 bits per heavy atom. The fourth-order valence-corrected chi connectivity index (χ4v) is 2.88. The van der Waals surface area contributed by atoms with Crippen molar-refractivity contribution in [1.82, 2.24) is 19.6 Å². The topological polar surface area (TPSA) is 48.8 Å². The zero-order valence-electron chi connectivity index (χ0n) is 12.1. The number of rotatable bonds is 2. The van der Waals surface area contributed by atoms with E-state index < -0.39 is 0 Å². The average Bonchev–Trinajstić information content (AvgIpc) is 3.33. The van der Waals surface area contributed by atoms with Crippen molar-refractivity contribution in [3.05, 3.63) is 73.3 Å². The van der Waals surface area contributed by atoms with Gasteiger partial charge in [0.2, 0.25) is 0 Å². The molecule has 0 aliphatic carbocycles. The van der Waals surface area contributed by atoms with Crippen LogP contribution in [0.25, 0.3) is 33.3 Å². The molecule has 0 N–H and O–H groups in total. The maximum Gasteiger partial charge on any atom is 0.135 e. The summed E-state index contributed by atoms with van der Waals surface area (Å²) in [4.78, 5) is 0. The Hall–Kier alpha value is -3.34. The highest BCUT2D eigenvalue weighted by Crippen LogP contribution is 2.31. The van der Waals surface area contributed by atoms with Crippen LogP contribution in [0.15, 0.2) is 77.7 Å². The molecule has 0 saturated heterocycles. The number of furan rings is 1. The van der Waals surface area contributed by atoms with E-state index in [4.69, 9.17) is 4.42 Å². The SMILES string of the molecule is c1cnn(-c2ccc3oc4ccc(-n5cccn5)cc4c3c2)c1. The van der Waals surface area contributed by atoms with Crippen LogP contribution in [0.2, 0.25) is 0 Å². The van der Waals surface area contributed by atoms with Crippen molar-refractivity contribution in [3.8, 4) is 11.4 Å². The minimum absolute atomic E-state index is 0.869. The molecule has 5 aromatic rings. The summed E-state index contributed by atoms with van der Waals surface area (Å²) in [5, 5.41) is 10.7. The third-order valence-electron chi connectivity index (χ3n) is 3.97. The molecule has 0 spiro atoms. The Morgan fingerprint density at radius 3 is 1.65 bits per heavy atom. The summed E-state index contributed by atoms with van der Waals surface area (Å²) in [6.45, 7) is 0. The van der Waals surface area contributed by atoms with Crippen molar-refractivity contribution in [3.63, 3.8) is 0 Å². The van der Waals surface area contributed by atoms with Crippen LogP contribution >= 0.6 is 0 Å². The molecule has 3 aromatic heterocycles. The summed E-state index contributed by atoms with van der Waals surface area (Å²) in [6, 6.07) is 16.0. The third kappa shape index (κ3) is 1.87. The number of hydrogen-bond acceptors (Lipinski definition) is 3. The molecular weight excluding hydrogens is 288 g/mol. The lowest BCUT2D eigenvalue weighted by molar-refractivity contribution is 0.668. The molecule has 0 radical (unpaired) electrons. The second kappa shape index (κ2) is 4.58. The molecule has 0 bridgehead atoms. The highest BCUT2D eigenvalue weighted by Gasteiger charge is 2.10. The summed E-state index contributed by atoms with van der Waals surface area (Å²) in [5.74, 6) is 0. The maximum absolute atomic E-state index is 5.94. The van der Waals surface area contributed by atoms with E-state index in [0.717, 1.165) is 33.3 Å². The first kappa shape index (κ1) is 12.2. The van der Waals surface area contributed by atoms with Crippen molar-refractivity contribution in [2.45, 2.75) is 0 Å². The van der Waals surface area contributed by atoms with Gasteiger partial charge in [-0.3, -0.25) is 0 Å². The van der Waals surface area contributed by atoms with Crippen molar-refractivity contribution >= 4 is 21.9 Å². The van der Waals surface area contributed by atoms with Crippen LogP contribution in [0, 0.1) is 0 Å². The van der Waals surface area contributed by atoms with Gasteiger partial charge < -0.3 is 4.42 Å². The molecule has 0 saturated carbocycles. The molecule has 0 fully saturated rings. The highest BCUT2D eigenvalue weighted by molar-refractivity contribution is 6.06. The van der Waals surface area contributed by atoms with Crippen LogP contribution in [0.1, 0.15) is 0 Å². The predicted molar refractivity (Wildman–Crippen MR) is 88.0 cm³/mol. The lowest BCUT2D eigenvalue weighted by atomic mass is 10.1. The lowest BCUT2D eigenvalue weighted by Gasteiger charge is -2.02. The minimum Gasteiger partial charge on any atom is -0.456 e. The summed E-state index contributed by atoms with van der Waals surface area (Å²) in [6.07, 6.45) is 7.40. The van der Waals surface area contributed by atoms with E-state index in [2.05, 4.69) is 22.3 Å². The Morgan fingerprint density at radius 2 is 1.22 bits per heavy atom. The van der Waals surface area contributed by atoms with Gasteiger partial charge in [-0.1, -0.05) is 0 Å². The second-order valence-corrected chi connectivity index (χ2v) is 5.36. The largest absolute Gasteiger partial charge is 0.456 e. The second-order valence-electron chi connectivity index (χ2n) is 5.36. The van der Waals surface area contributed by atoms with E-state index >= 15 is 0 Å². The Labute approximate surface area is 131 Å². The van der Waals surface area contributed by atoms with Crippen LogP contribution in [-0.4, -0.2) is 19.6 Å². The maximum atomic E-state index is 5.94. The average molecular weight is 300 g/mol. The number of nitrogens with zero attached hydrogens (tertiary/aromatic N) is 4. The minimum atomic E-state index is 0.869.